The average Bonchev–Trinajstić information content (AvgIpc) is 2.97. The summed E-state index contributed by atoms with van der Waals surface area (Å²) in [4.78, 5) is 12.3. The van der Waals surface area contributed by atoms with Gasteiger partial charge in [0.15, 0.2) is 6.61 Å². The monoisotopic (exact) mass is 331 g/mol. The molecule has 0 aliphatic rings. The van der Waals surface area contributed by atoms with Crippen molar-refractivity contribution in [2.75, 3.05) is 20.3 Å². The topological polar surface area (TPSA) is 65.4 Å². The highest BCUT2D eigenvalue weighted by molar-refractivity contribution is 5.78. The molecular weight excluding hydrogens is 306 g/mol. The Labute approximate surface area is 142 Å². The van der Waals surface area contributed by atoms with Crippen molar-refractivity contribution in [1.82, 2.24) is 15.1 Å². The number of nitrogens with one attached hydrogen (secondary N) is 1. The van der Waals surface area contributed by atoms with E-state index in [1.54, 1.807) is 18.0 Å². The van der Waals surface area contributed by atoms with Crippen LogP contribution in [0.2, 0.25) is 0 Å². The normalized spacial score (nSPS) is 12.0. The number of benzene rings is 1. The van der Waals surface area contributed by atoms with Crippen LogP contribution in [-0.4, -0.2) is 36.0 Å². The van der Waals surface area contributed by atoms with Gasteiger partial charge in [0.25, 0.3) is 5.91 Å². The summed E-state index contributed by atoms with van der Waals surface area (Å²) >= 11 is 0. The SMILES string of the molecule is COC[C@@H](NC(=O)COc1c(C)ccc(C)c1C)c1ccnn1C. The Hall–Kier alpha value is -2.34. The Bertz CT molecular complexity index is 710. The highest BCUT2D eigenvalue weighted by Gasteiger charge is 2.18. The predicted octanol–water partition coefficient (Wildman–Crippen LogP) is 2.23. The lowest BCUT2D eigenvalue weighted by Gasteiger charge is -2.19. The fraction of sp³-hybridized carbons (Fsp3) is 0.444. The summed E-state index contributed by atoms with van der Waals surface area (Å²) in [6.45, 7) is 6.33. The maximum absolute atomic E-state index is 12.3. The molecule has 0 fully saturated rings. The van der Waals surface area contributed by atoms with Crippen LogP contribution in [0.4, 0.5) is 0 Å². The maximum Gasteiger partial charge on any atom is 0.258 e. The van der Waals surface area contributed by atoms with E-state index in [-0.39, 0.29) is 18.6 Å². The highest BCUT2D eigenvalue weighted by Crippen LogP contribution is 2.25. The lowest BCUT2D eigenvalue weighted by Crippen LogP contribution is -2.36. The number of aryl methyl sites for hydroxylation is 3. The molecule has 6 heteroatoms. The molecule has 1 atom stereocenters. The molecule has 0 radical (unpaired) electrons. The van der Waals surface area contributed by atoms with E-state index in [0.717, 1.165) is 28.1 Å². The average molecular weight is 331 g/mol. The van der Waals surface area contributed by atoms with Crippen molar-refractivity contribution in [3.8, 4) is 5.75 Å². The lowest BCUT2D eigenvalue weighted by atomic mass is 10.1. The number of carbonyl (C=O) groups excluding carboxylic acids is 1. The van der Waals surface area contributed by atoms with Gasteiger partial charge in [-0.25, -0.2) is 0 Å². The van der Waals surface area contributed by atoms with Gasteiger partial charge in [-0.15, -0.1) is 0 Å². The van der Waals surface area contributed by atoms with E-state index < -0.39 is 0 Å². The van der Waals surface area contributed by atoms with Crippen LogP contribution in [0.5, 0.6) is 5.75 Å². The van der Waals surface area contributed by atoms with Crippen molar-refractivity contribution >= 4 is 5.91 Å². The van der Waals surface area contributed by atoms with Gasteiger partial charge in [-0.2, -0.15) is 5.10 Å². The Morgan fingerprint density at radius 1 is 1.25 bits per heavy atom. The molecule has 1 aromatic heterocycles. The first-order valence-corrected chi connectivity index (χ1v) is 7.89. The molecule has 0 spiro atoms. The van der Waals surface area contributed by atoms with Gasteiger partial charge in [0.1, 0.15) is 5.75 Å². The molecule has 0 unspecified atom stereocenters. The molecule has 0 bridgehead atoms. The predicted molar refractivity (Wildman–Crippen MR) is 92.1 cm³/mol. The molecule has 0 aliphatic heterocycles. The molecule has 24 heavy (non-hydrogen) atoms. The Morgan fingerprint density at radius 3 is 2.58 bits per heavy atom. The fourth-order valence-electron chi connectivity index (χ4n) is 2.61. The van der Waals surface area contributed by atoms with Crippen LogP contribution >= 0.6 is 0 Å². The van der Waals surface area contributed by atoms with Gasteiger partial charge in [-0.05, 0) is 43.5 Å². The first kappa shape index (κ1) is 18.0. The van der Waals surface area contributed by atoms with E-state index in [4.69, 9.17) is 9.47 Å². The zero-order valence-corrected chi connectivity index (χ0v) is 14.9. The van der Waals surface area contributed by atoms with Gasteiger partial charge >= 0.3 is 0 Å². The number of hydrogen-bond acceptors (Lipinski definition) is 4. The minimum absolute atomic E-state index is 0.0385. The van der Waals surface area contributed by atoms with E-state index >= 15 is 0 Å². The number of methoxy groups -OCH3 is 1. The van der Waals surface area contributed by atoms with Crippen molar-refractivity contribution in [1.29, 1.82) is 0 Å². The lowest BCUT2D eigenvalue weighted by molar-refractivity contribution is -0.124. The number of nitrogens with zero attached hydrogens (tertiary/aromatic N) is 2. The first-order chi connectivity index (χ1) is 11.4. The summed E-state index contributed by atoms with van der Waals surface area (Å²) in [5, 5.41) is 7.07. The van der Waals surface area contributed by atoms with E-state index in [1.165, 1.54) is 0 Å². The second-order valence-electron chi connectivity index (χ2n) is 5.90. The van der Waals surface area contributed by atoms with Gasteiger partial charge < -0.3 is 14.8 Å². The number of ether oxygens (including phenoxy) is 2. The van der Waals surface area contributed by atoms with Crippen molar-refractivity contribution in [3.05, 3.63) is 46.8 Å². The largest absolute Gasteiger partial charge is 0.483 e. The summed E-state index contributed by atoms with van der Waals surface area (Å²) < 4.78 is 12.7. The molecule has 1 amide bonds. The second kappa shape index (κ2) is 7.97. The minimum atomic E-state index is -0.265. The molecule has 6 nitrogen and oxygen atoms in total. The smallest absolute Gasteiger partial charge is 0.258 e. The van der Waals surface area contributed by atoms with Gasteiger partial charge in [0.05, 0.1) is 18.3 Å². The maximum atomic E-state index is 12.3. The molecule has 1 N–H and O–H groups in total. The Balaban J connectivity index is 2.02. The minimum Gasteiger partial charge on any atom is -0.483 e. The molecule has 130 valence electrons. The van der Waals surface area contributed by atoms with Crippen LogP contribution in [0.15, 0.2) is 24.4 Å². The molecule has 1 heterocycles. The molecular formula is C18H25N3O3. The third kappa shape index (κ3) is 4.14. The number of rotatable bonds is 7. The number of hydrogen-bond donors (Lipinski definition) is 1. The summed E-state index contributed by atoms with van der Waals surface area (Å²) in [5.41, 5.74) is 4.10. The van der Waals surface area contributed by atoms with Crippen LogP contribution in [0.3, 0.4) is 0 Å². The summed E-state index contributed by atoms with van der Waals surface area (Å²) in [5.74, 6) is 0.576. The zero-order valence-electron chi connectivity index (χ0n) is 14.9. The van der Waals surface area contributed by atoms with Crippen molar-refractivity contribution < 1.29 is 14.3 Å². The molecule has 0 saturated heterocycles. The van der Waals surface area contributed by atoms with E-state index in [9.17, 15) is 4.79 Å². The number of aromatic nitrogens is 2. The molecule has 1 aromatic carbocycles. The first-order valence-electron chi connectivity index (χ1n) is 7.89. The van der Waals surface area contributed by atoms with Crippen LogP contribution in [0, 0.1) is 20.8 Å². The van der Waals surface area contributed by atoms with Crippen molar-refractivity contribution in [2.45, 2.75) is 26.8 Å². The number of carbonyl (C=O) groups is 1. The van der Waals surface area contributed by atoms with Gasteiger partial charge in [-0.3, -0.25) is 9.48 Å². The quantitative estimate of drug-likeness (QED) is 0.845. The van der Waals surface area contributed by atoms with Crippen molar-refractivity contribution in [3.63, 3.8) is 0 Å². The van der Waals surface area contributed by atoms with Gasteiger partial charge in [-0.1, -0.05) is 12.1 Å². The summed E-state index contributed by atoms with van der Waals surface area (Å²) in [7, 11) is 3.44. The van der Waals surface area contributed by atoms with E-state index in [0.29, 0.717) is 6.61 Å². The van der Waals surface area contributed by atoms with Gasteiger partial charge in [0, 0.05) is 20.4 Å². The molecule has 2 aromatic rings. The zero-order chi connectivity index (χ0) is 17.7. The Morgan fingerprint density at radius 2 is 1.96 bits per heavy atom. The summed E-state index contributed by atoms with van der Waals surface area (Å²) in [6.07, 6.45) is 1.69. The summed E-state index contributed by atoms with van der Waals surface area (Å²) in [6, 6.07) is 5.64. The fourth-order valence-corrected chi connectivity index (χ4v) is 2.61. The van der Waals surface area contributed by atoms with E-state index in [2.05, 4.69) is 16.5 Å². The third-order valence-corrected chi connectivity index (χ3v) is 4.11. The number of amides is 1. The van der Waals surface area contributed by atoms with E-state index in [1.807, 2.05) is 40.0 Å². The third-order valence-electron chi connectivity index (χ3n) is 4.11. The van der Waals surface area contributed by atoms with Crippen molar-refractivity contribution in [2.24, 2.45) is 7.05 Å². The highest BCUT2D eigenvalue weighted by atomic mass is 16.5. The second-order valence-corrected chi connectivity index (χ2v) is 5.90. The molecule has 2 rings (SSSR count). The standard InChI is InChI=1S/C18H25N3O3/c1-12-6-7-13(2)18(14(12)3)24-11-17(22)20-15(10-23-5)16-8-9-19-21(16)4/h6-9,15H,10-11H2,1-5H3,(H,20,22)/t15-/m1/s1. The van der Waals surface area contributed by atoms with Crippen LogP contribution in [0.25, 0.3) is 0 Å². The molecule has 0 saturated carbocycles. The van der Waals surface area contributed by atoms with Gasteiger partial charge in [0.2, 0.25) is 0 Å². The Kier molecular flexibility index (Phi) is 5.98. The van der Waals surface area contributed by atoms with Crippen LogP contribution < -0.4 is 10.1 Å². The van der Waals surface area contributed by atoms with Crippen LogP contribution in [-0.2, 0) is 16.6 Å². The molecule has 0 aliphatic carbocycles. The van der Waals surface area contributed by atoms with Crippen LogP contribution in [0.1, 0.15) is 28.4 Å².